The molecule has 0 aliphatic heterocycles. The smallest absolute Gasteiger partial charge is 0.0132 e. The van der Waals surface area contributed by atoms with Gasteiger partial charge < -0.3 is 0 Å². The molecule has 0 saturated heterocycles. The summed E-state index contributed by atoms with van der Waals surface area (Å²) in [7, 11) is 0. The Morgan fingerprint density at radius 2 is 1.25 bits per heavy atom. The normalized spacial score (nSPS) is 9.19. The highest BCUT2D eigenvalue weighted by Gasteiger charge is 2.12. The van der Waals surface area contributed by atoms with E-state index >= 15 is 0 Å². The van der Waals surface area contributed by atoms with Crippen molar-refractivity contribution in [2.45, 2.75) is 53.9 Å². The summed E-state index contributed by atoms with van der Waals surface area (Å²) in [6, 6.07) is 8.54. The number of hydrogen-bond acceptors (Lipinski definition) is 0. The van der Waals surface area contributed by atoms with Crippen LogP contribution in [-0.2, 0) is 5.41 Å². The maximum Gasteiger partial charge on any atom is -0.0132 e. The Morgan fingerprint density at radius 3 is 1.50 bits per heavy atom. The van der Waals surface area contributed by atoms with E-state index in [9.17, 15) is 0 Å². The molecule has 0 aliphatic carbocycles. The van der Waals surface area contributed by atoms with E-state index in [-0.39, 0.29) is 5.41 Å². The average Bonchev–Trinajstić information content (AvgIpc) is 2.33. The van der Waals surface area contributed by atoms with E-state index in [4.69, 9.17) is 0 Å². The zero-order valence-electron chi connectivity index (χ0n) is 12.1. The van der Waals surface area contributed by atoms with Gasteiger partial charge in [-0.1, -0.05) is 85.4 Å². The van der Waals surface area contributed by atoms with Crippen molar-refractivity contribution >= 4 is 6.08 Å². The molecule has 0 aromatic heterocycles. The predicted molar refractivity (Wildman–Crippen MR) is 77.9 cm³/mol. The molecule has 92 valence electrons. The van der Waals surface area contributed by atoms with Crippen LogP contribution in [0.15, 0.2) is 30.8 Å². The van der Waals surface area contributed by atoms with E-state index in [2.05, 4.69) is 51.6 Å². The van der Waals surface area contributed by atoms with Gasteiger partial charge in [-0.25, -0.2) is 0 Å². The van der Waals surface area contributed by atoms with E-state index in [1.807, 2.05) is 33.8 Å². The van der Waals surface area contributed by atoms with Crippen LogP contribution >= 0.6 is 0 Å². The van der Waals surface area contributed by atoms with Crippen LogP contribution in [0.3, 0.4) is 0 Å². The second-order valence-electron chi connectivity index (χ2n) is 4.08. The van der Waals surface area contributed by atoms with Crippen LogP contribution in [0, 0.1) is 0 Å². The fourth-order valence-electron chi connectivity index (χ4n) is 1.12. The molecule has 0 bridgehead atoms. The maximum atomic E-state index is 3.72. The number of hydrogen-bond donors (Lipinski definition) is 0. The van der Waals surface area contributed by atoms with Crippen molar-refractivity contribution in [1.29, 1.82) is 0 Å². The Labute approximate surface area is 102 Å². The molecule has 0 aliphatic rings. The second-order valence-corrected chi connectivity index (χ2v) is 4.08. The summed E-state index contributed by atoms with van der Waals surface area (Å²) in [4.78, 5) is 0. The van der Waals surface area contributed by atoms with Gasteiger partial charge in [0.15, 0.2) is 0 Å². The summed E-state index contributed by atoms with van der Waals surface area (Å²) < 4.78 is 0. The third-order valence-corrected chi connectivity index (χ3v) is 2.01. The Kier molecular flexibility index (Phi) is 9.99. The molecular weight excluding hydrogens is 192 g/mol. The van der Waals surface area contributed by atoms with Crippen molar-refractivity contribution in [3.8, 4) is 0 Å². The molecule has 0 saturated carbocycles. The number of benzene rings is 1. The highest BCUT2D eigenvalue weighted by Crippen LogP contribution is 2.22. The molecule has 0 N–H and O–H groups in total. The Hall–Kier alpha value is -1.04. The van der Waals surface area contributed by atoms with Gasteiger partial charge in [0, 0.05) is 0 Å². The molecular formula is C16H28. The van der Waals surface area contributed by atoms with E-state index in [1.54, 1.807) is 0 Å². The van der Waals surface area contributed by atoms with Crippen LogP contribution in [0.4, 0.5) is 0 Å². The fourth-order valence-corrected chi connectivity index (χ4v) is 1.12. The lowest BCUT2D eigenvalue weighted by Crippen LogP contribution is -2.10. The molecule has 0 heterocycles. The topological polar surface area (TPSA) is 0 Å². The van der Waals surface area contributed by atoms with Crippen molar-refractivity contribution < 1.29 is 0 Å². The molecule has 0 atom stereocenters. The van der Waals surface area contributed by atoms with Crippen LogP contribution < -0.4 is 0 Å². The molecule has 0 nitrogen and oxygen atoms in total. The molecule has 0 fully saturated rings. The van der Waals surface area contributed by atoms with Gasteiger partial charge in [0.05, 0.1) is 0 Å². The van der Waals surface area contributed by atoms with Gasteiger partial charge in [-0.05, 0) is 16.5 Å². The SMILES string of the molecule is C=Cc1ccc(C(C)(C)C)cc1.CC.CC. The largest absolute Gasteiger partial charge is 0.0985 e. The third-order valence-electron chi connectivity index (χ3n) is 2.01. The van der Waals surface area contributed by atoms with Crippen LogP contribution in [0.25, 0.3) is 6.08 Å². The molecule has 0 unspecified atom stereocenters. The zero-order chi connectivity index (χ0) is 13.2. The van der Waals surface area contributed by atoms with Crippen LogP contribution in [0.2, 0.25) is 0 Å². The molecule has 1 rings (SSSR count). The van der Waals surface area contributed by atoms with Gasteiger partial charge in [-0.2, -0.15) is 0 Å². The Morgan fingerprint density at radius 1 is 0.875 bits per heavy atom. The van der Waals surface area contributed by atoms with Gasteiger partial charge in [0.2, 0.25) is 0 Å². The molecule has 0 heteroatoms. The van der Waals surface area contributed by atoms with E-state index in [1.165, 1.54) is 11.1 Å². The third kappa shape index (κ3) is 6.44. The molecule has 16 heavy (non-hydrogen) atoms. The van der Waals surface area contributed by atoms with Gasteiger partial charge >= 0.3 is 0 Å². The highest BCUT2D eigenvalue weighted by atomic mass is 14.2. The van der Waals surface area contributed by atoms with Crippen molar-refractivity contribution in [3.05, 3.63) is 42.0 Å². The summed E-state index contributed by atoms with van der Waals surface area (Å²) in [6.45, 7) is 18.4. The zero-order valence-corrected chi connectivity index (χ0v) is 12.1. The predicted octanol–water partition coefficient (Wildman–Crippen LogP) is 5.68. The molecule has 1 aromatic rings. The van der Waals surface area contributed by atoms with Crippen molar-refractivity contribution in [1.82, 2.24) is 0 Å². The first-order valence-electron chi connectivity index (χ1n) is 6.27. The van der Waals surface area contributed by atoms with E-state index in [0.29, 0.717) is 0 Å². The Bertz CT molecular complexity index is 259. The monoisotopic (exact) mass is 220 g/mol. The van der Waals surface area contributed by atoms with Gasteiger partial charge in [-0.15, -0.1) is 0 Å². The van der Waals surface area contributed by atoms with Gasteiger partial charge in [-0.3, -0.25) is 0 Å². The van der Waals surface area contributed by atoms with E-state index in [0.717, 1.165) is 0 Å². The quantitative estimate of drug-likeness (QED) is 0.571. The average molecular weight is 220 g/mol. The van der Waals surface area contributed by atoms with Crippen molar-refractivity contribution in [2.24, 2.45) is 0 Å². The fraction of sp³-hybridized carbons (Fsp3) is 0.500. The highest BCUT2D eigenvalue weighted by molar-refractivity contribution is 5.47. The van der Waals surface area contributed by atoms with Crippen molar-refractivity contribution in [2.75, 3.05) is 0 Å². The minimum Gasteiger partial charge on any atom is -0.0985 e. The molecule has 1 aromatic carbocycles. The minimum atomic E-state index is 0.250. The Balaban J connectivity index is 0. The lowest BCUT2D eigenvalue weighted by Gasteiger charge is -2.18. The first kappa shape index (κ1) is 17.4. The summed E-state index contributed by atoms with van der Waals surface area (Å²) in [6.07, 6.45) is 1.87. The van der Waals surface area contributed by atoms with Gasteiger partial charge in [0.1, 0.15) is 0 Å². The summed E-state index contributed by atoms with van der Waals surface area (Å²) in [5.41, 5.74) is 2.80. The molecule has 0 radical (unpaired) electrons. The van der Waals surface area contributed by atoms with Gasteiger partial charge in [0.25, 0.3) is 0 Å². The summed E-state index contributed by atoms with van der Waals surface area (Å²) >= 11 is 0. The summed E-state index contributed by atoms with van der Waals surface area (Å²) in [5, 5.41) is 0. The van der Waals surface area contributed by atoms with Crippen molar-refractivity contribution in [3.63, 3.8) is 0 Å². The minimum absolute atomic E-state index is 0.250. The molecule has 0 amide bonds. The molecule has 0 spiro atoms. The first-order valence-corrected chi connectivity index (χ1v) is 6.27. The van der Waals surface area contributed by atoms with E-state index < -0.39 is 0 Å². The van der Waals surface area contributed by atoms with Crippen LogP contribution in [-0.4, -0.2) is 0 Å². The number of rotatable bonds is 1. The van der Waals surface area contributed by atoms with Crippen LogP contribution in [0.5, 0.6) is 0 Å². The van der Waals surface area contributed by atoms with Crippen LogP contribution in [0.1, 0.15) is 59.6 Å². The second kappa shape index (κ2) is 9.21. The lowest BCUT2D eigenvalue weighted by molar-refractivity contribution is 0.590. The summed E-state index contributed by atoms with van der Waals surface area (Å²) in [5.74, 6) is 0. The lowest BCUT2D eigenvalue weighted by atomic mass is 9.87. The first-order chi connectivity index (χ1) is 7.54. The maximum absolute atomic E-state index is 3.72. The standard InChI is InChI=1S/C12H16.2C2H6/c1-5-10-6-8-11(9-7-10)12(2,3)4;2*1-2/h5-9H,1H2,2-4H3;2*1-2H3.